The van der Waals surface area contributed by atoms with Crippen LogP contribution in [0.15, 0.2) is 72.8 Å². The van der Waals surface area contributed by atoms with Crippen molar-refractivity contribution in [2.24, 2.45) is 0 Å². The summed E-state index contributed by atoms with van der Waals surface area (Å²) in [6, 6.07) is 21.0. The predicted octanol–water partition coefficient (Wildman–Crippen LogP) is 7.03. The molecule has 0 bridgehead atoms. The molecule has 46 heavy (non-hydrogen) atoms. The van der Waals surface area contributed by atoms with Gasteiger partial charge in [0, 0.05) is 32.0 Å². The Morgan fingerprint density at radius 3 is 2.30 bits per heavy atom. The molecule has 1 unspecified atom stereocenters. The molecular weight excluding hydrogens is 645 g/mol. The summed E-state index contributed by atoms with van der Waals surface area (Å²) in [5.41, 5.74) is 2.07. The summed E-state index contributed by atoms with van der Waals surface area (Å²) in [5, 5.41) is 3.99. The maximum atomic E-state index is 14.2. The van der Waals surface area contributed by atoms with Gasteiger partial charge in [0.1, 0.15) is 11.8 Å². The lowest BCUT2D eigenvalue weighted by Crippen LogP contribution is -2.53. The summed E-state index contributed by atoms with van der Waals surface area (Å²) in [7, 11) is -3.68. The van der Waals surface area contributed by atoms with Gasteiger partial charge in [-0.1, -0.05) is 91.0 Å². The average Bonchev–Trinajstić information content (AvgIpc) is 3.03. The summed E-state index contributed by atoms with van der Waals surface area (Å²) < 4.78 is 32.7. The zero-order chi connectivity index (χ0) is 33.1. The van der Waals surface area contributed by atoms with Gasteiger partial charge in [0.15, 0.2) is 0 Å². The lowest BCUT2D eigenvalue weighted by atomic mass is 9.94. The molecule has 0 spiro atoms. The van der Waals surface area contributed by atoms with E-state index in [1.165, 1.54) is 4.31 Å². The Labute approximate surface area is 283 Å². The lowest BCUT2D eigenvalue weighted by molar-refractivity contribution is -0.141. The number of hydrogen-bond acceptors (Lipinski definition) is 5. The highest BCUT2D eigenvalue weighted by Gasteiger charge is 2.32. The number of anilines is 1. The van der Waals surface area contributed by atoms with Crippen molar-refractivity contribution in [3.05, 3.63) is 94.0 Å². The number of benzene rings is 3. The Hall–Kier alpha value is -3.27. The summed E-state index contributed by atoms with van der Waals surface area (Å²) in [5.74, 6) is -0.0183. The molecule has 1 aliphatic carbocycles. The first kappa shape index (κ1) is 35.6. The number of nitrogens with one attached hydrogen (secondary N) is 1. The molecule has 3 aromatic rings. The second-order valence-electron chi connectivity index (χ2n) is 11.7. The molecule has 2 amide bonds. The fraction of sp³-hybridized carbons (Fsp3) is 0.429. The highest BCUT2D eigenvalue weighted by Crippen LogP contribution is 2.31. The number of nitrogens with zero attached hydrogens (tertiary/aromatic N) is 2. The number of ether oxygens (including phenoxy) is 1. The van der Waals surface area contributed by atoms with Gasteiger partial charge in [-0.15, -0.1) is 0 Å². The fourth-order valence-electron chi connectivity index (χ4n) is 5.86. The molecule has 8 nitrogen and oxygen atoms in total. The number of rotatable bonds is 15. The Kier molecular flexibility index (Phi) is 13.2. The van der Waals surface area contributed by atoms with E-state index in [1.54, 1.807) is 47.4 Å². The standard InChI is InChI=1S/C35H43Cl2N3O5S/c1-3-45-33-18-11-10-17-31(33)40(46(2,43)44)22-12-19-34(41)39(25-27-20-21-29(36)30(37)23-27)32(24-26-13-6-4-7-14-26)35(42)38-28-15-8-5-9-16-28/h4,6-7,10-11,13-14,17-18,20-21,23,28,32H,3,5,8-9,12,15-16,19,22,24-25H2,1-2H3,(H,38,42). The molecule has 0 radical (unpaired) electrons. The number of halogens is 2. The van der Waals surface area contributed by atoms with Gasteiger partial charge in [-0.3, -0.25) is 13.9 Å². The summed E-state index contributed by atoms with van der Waals surface area (Å²) >= 11 is 12.5. The molecule has 0 aliphatic heterocycles. The Bertz CT molecular complexity index is 1570. The van der Waals surface area contributed by atoms with Crippen molar-refractivity contribution in [2.75, 3.05) is 23.7 Å². The van der Waals surface area contributed by atoms with Crippen LogP contribution in [-0.2, 0) is 32.6 Å². The van der Waals surface area contributed by atoms with Gasteiger partial charge in [-0.05, 0) is 61.6 Å². The van der Waals surface area contributed by atoms with E-state index in [4.69, 9.17) is 27.9 Å². The largest absolute Gasteiger partial charge is 0.492 e. The third-order valence-corrected chi connectivity index (χ3v) is 10.1. The first-order chi connectivity index (χ1) is 22.1. The van der Waals surface area contributed by atoms with Gasteiger partial charge in [0.2, 0.25) is 21.8 Å². The number of carbonyl (C=O) groups is 2. The highest BCUT2D eigenvalue weighted by atomic mass is 35.5. The van der Waals surface area contributed by atoms with Gasteiger partial charge < -0.3 is 15.0 Å². The molecular formula is C35H43Cl2N3O5S. The highest BCUT2D eigenvalue weighted by molar-refractivity contribution is 7.92. The van der Waals surface area contributed by atoms with E-state index >= 15 is 0 Å². The molecule has 0 heterocycles. The van der Waals surface area contributed by atoms with Gasteiger partial charge >= 0.3 is 0 Å². The summed E-state index contributed by atoms with van der Waals surface area (Å²) in [4.78, 5) is 29.8. The van der Waals surface area contributed by atoms with E-state index in [1.807, 2.05) is 37.3 Å². The van der Waals surface area contributed by atoms with E-state index in [0.29, 0.717) is 34.5 Å². The van der Waals surface area contributed by atoms with Crippen molar-refractivity contribution in [1.82, 2.24) is 10.2 Å². The molecule has 0 saturated heterocycles. The molecule has 11 heteroatoms. The minimum atomic E-state index is -3.68. The van der Waals surface area contributed by atoms with Crippen LogP contribution in [0, 0.1) is 0 Å². The van der Waals surface area contributed by atoms with E-state index in [-0.39, 0.29) is 43.8 Å². The van der Waals surface area contributed by atoms with Crippen LogP contribution in [-0.4, -0.2) is 56.6 Å². The number of para-hydroxylation sites is 2. The summed E-state index contributed by atoms with van der Waals surface area (Å²) in [6.07, 6.45) is 6.81. The first-order valence-corrected chi connectivity index (χ1v) is 18.4. The molecule has 4 rings (SSSR count). The van der Waals surface area contributed by atoms with Gasteiger partial charge in [-0.25, -0.2) is 8.42 Å². The monoisotopic (exact) mass is 687 g/mol. The third-order valence-electron chi connectivity index (χ3n) is 8.15. The van der Waals surface area contributed by atoms with Crippen LogP contribution in [0.1, 0.15) is 63.0 Å². The summed E-state index contributed by atoms with van der Waals surface area (Å²) in [6.45, 7) is 2.41. The van der Waals surface area contributed by atoms with Crippen molar-refractivity contribution in [1.29, 1.82) is 0 Å². The predicted molar refractivity (Wildman–Crippen MR) is 185 cm³/mol. The SMILES string of the molecule is CCOc1ccccc1N(CCCC(=O)N(Cc1ccc(Cl)c(Cl)c1)C(Cc1ccccc1)C(=O)NC1CCCCC1)S(C)(=O)=O. The van der Waals surface area contributed by atoms with Crippen molar-refractivity contribution in [2.45, 2.75) is 76.9 Å². The molecule has 3 aromatic carbocycles. The number of sulfonamides is 1. The van der Waals surface area contributed by atoms with Crippen molar-refractivity contribution in [3.8, 4) is 5.75 Å². The van der Waals surface area contributed by atoms with Crippen molar-refractivity contribution < 1.29 is 22.7 Å². The average molecular weight is 689 g/mol. The topological polar surface area (TPSA) is 96.0 Å². The van der Waals surface area contributed by atoms with Crippen LogP contribution in [0.25, 0.3) is 0 Å². The molecule has 1 N–H and O–H groups in total. The molecule has 1 fully saturated rings. The van der Waals surface area contributed by atoms with E-state index < -0.39 is 16.1 Å². The zero-order valence-corrected chi connectivity index (χ0v) is 28.8. The minimum absolute atomic E-state index is 0.0200. The van der Waals surface area contributed by atoms with Crippen LogP contribution in [0.5, 0.6) is 5.75 Å². The van der Waals surface area contributed by atoms with E-state index in [0.717, 1.165) is 49.5 Å². The smallest absolute Gasteiger partial charge is 0.243 e. The Morgan fingerprint density at radius 2 is 1.63 bits per heavy atom. The molecule has 0 aromatic heterocycles. The van der Waals surface area contributed by atoms with Crippen LogP contribution in [0.3, 0.4) is 0 Å². The second-order valence-corrected chi connectivity index (χ2v) is 14.4. The van der Waals surface area contributed by atoms with Crippen LogP contribution in [0.2, 0.25) is 10.0 Å². The zero-order valence-electron chi connectivity index (χ0n) is 26.5. The van der Waals surface area contributed by atoms with E-state index in [9.17, 15) is 18.0 Å². The van der Waals surface area contributed by atoms with Gasteiger partial charge in [0.25, 0.3) is 0 Å². The Morgan fingerprint density at radius 1 is 0.935 bits per heavy atom. The Balaban J connectivity index is 1.62. The van der Waals surface area contributed by atoms with Crippen molar-refractivity contribution >= 4 is 50.7 Å². The normalized spacial score (nSPS) is 14.3. The van der Waals surface area contributed by atoms with Gasteiger partial charge in [-0.2, -0.15) is 0 Å². The molecule has 1 atom stereocenters. The number of hydrogen-bond donors (Lipinski definition) is 1. The third kappa shape index (κ3) is 10.1. The maximum absolute atomic E-state index is 14.2. The quantitative estimate of drug-likeness (QED) is 0.185. The maximum Gasteiger partial charge on any atom is 0.243 e. The fourth-order valence-corrected chi connectivity index (χ4v) is 7.15. The van der Waals surface area contributed by atoms with Gasteiger partial charge in [0.05, 0.1) is 28.6 Å². The number of amides is 2. The molecule has 1 aliphatic rings. The van der Waals surface area contributed by atoms with Crippen LogP contribution in [0.4, 0.5) is 5.69 Å². The van der Waals surface area contributed by atoms with Crippen LogP contribution < -0.4 is 14.4 Å². The number of carbonyl (C=O) groups excluding carboxylic acids is 2. The minimum Gasteiger partial charge on any atom is -0.492 e. The lowest BCUT2D eigenvalue weighted by Gasteiger charge is -2.34. The van der Waals surface area contributed by atoms with Crippen molar-refractivity contribution in [3.63, 3.8) is 0 Å². The van der Waals surface area contributed by atoms with E-state index in [2.05, 4.69) is 5.32 Å². The molecule has 248 valence electrons. The first-order valence-electron chi connectivity index (χ1n) is 15.8. The molecule has 1 saturated carbocycles. The second kappa shape index (κ2) is 17.0. The van der Waals surface area contributed by atoms with Crippen LogP contribution >= 0.6 is 23.2 Å².